The Morgan fingerprint density at radius 1 is 1.02 bits per heavy atom. The van der Waals surface area contributed by atoms with Crippen LogP contribution in [0.4, 0.5) is 14.9 Å². The van der Waals surface area contributed by atoms with E-state index >= 15 is 0 Å². The lowest BCUT2D eigenvalue weighted by atomic mass is 9.79. The minimum absolute atomic E-state index is 0.00632. The zero-order valence-electron chi connectivity index (χ0n) is 32.1. The predicted molar refractivity (Wildman–Crippen MR) is 198 cm³/mol. The highest BCUT2D eigenvalue weighted by molar-refractivity contribution is 5.98. The molecule has 49 heavy (non-hydrogen) atoms. The number of halogens is 1. The summed E-state index contributed by atoms with van der Waals surface area (Å²) in [5, 5.41) is 12.1. The number of carbonyl (C=O) groups is 4. The lowest BCUT2D eigenvalue weighted by Gasteiger charge is -2.26. The maximum absolute atomic E-state index is 14.6. The van der Waals surface area contributed by atoms with Crippen LogP contribution in [0.15, 0.2) is 46.2 Å². The van der Waals surface area contributed by atoms with Gasteiger partial charge in [-0.1, -0.05) is 54.5 Å². The molecule has 0 radical (unpaired) electrons. The third-order valence-electron chi connectivity index (χ3n) is 7.27. The molecule has 0 fully saturated rings. The van der Waals surface area contributed by atoms with Gasteiger partial charge in [-0.3, -0.25) is 14.4 Å². The van der Waals surface area contributed by atoms with E-state index in [9.17, 15) is 23.6 Å². The molecule has 0 spiro atoms. The number of nitrogens with one attached hydrogen (secondary N) is 1. The summed E-state index contributed by atoms with van der Waals surface area (Å²) in [4.78, 5) is 43.8. The summed E-state index contributed by atoms with van der Waals surface area (Å²) in [6.45, 7) is 24.4. The molecule has 0 saturated heterocycles. The van der Waals surface area contributed by atoms with Crippen LogP contribution in [0.25, 0.3) is 5.57 Å². The highest BCUT2D eigenvalue weighted by atomic mass is 19.1. The number of Topliss-reactive ketones (excluding diaryl/α,β-unsaturated/α-hetero) is 2. The second kappa shape index (κ2) is 25.0. The van der Waals surface area contributed by atoms with Gasteiger partial charge >= 0.3 is 6.16 Å². The Labute approximate surface area is 293 Å². The van der Waals surface area contributed by atoms with Crippen molar-refractivity contribution in [3.05, 3.63) is 68.7 Å². The molecule has 1 aliphatic heterocycles. The molecule has 276 valence electrons. The first kappa shape index (κ1) is 47.1. The van der Waals surface area contributed by atoms with Crippen LogP contribution in [0.3, 0.4) is 0 Å². The van der Waals surface area contributed by atoms with E-state index in [0.717, 1.165) is 59.2 Å². The predicted octanol–water partition coefficient (Wildman–Crippen LogP) is 9.42. The molecule has 1 aliphatic carbocycles. The molecule has 4 N–H and O–H groups in total. The molecule has 0 atom stereocenters. The van der Waals surface area contributed by atoms with Crippen molar-refractivity contribution in [2.45, 2.75) is 128 Å². The van der Waals surface area contributed by atoms with Crippen LogP contribution in [0, 0.1) is 12.7 Å². The van der Waals surface area contributed by atoms with E-state index in [-0.39, 0.29) is 43.1 Å². The molecule has 1 amide bonds. The summed E-state index contributed by atoms with van der Waals surface area (Å²) in [5.74, 6) is -1.31. The van der Waals surface area contributed by atoms with Crippen LogP contribution in [0.1, 0.15) is 125 Å². The van der Waals surface area contributed by atoms with Gasteiger partial charge in [0.2, 0.25) is 5.91 Å². The largest absolute Gasteiger partial charge is 0.506 e. The van der Waals surface area contributed by atoms with Crippen molar-refractivity contribution in [1.29, 1.82) is 0 Å². The quantitative estimate of drug-likeness (QED) is 0.0902. The van der Waals surface area contributed by atoms with Gasteiger partial charge in [-0.25, -0.2) is 9.18 Å². The molecule has 0 aromatic heterocycles. The molecule has 1 heterocycles. The molecule has 0 bridgehead atoms. The number of rotatable bonds is 11. The van der Waals surface area contributed by atoms with E-state index < -0.39 is 12.1 Å². The number of benzene rings is 1. The van der Waals surface area contributed by atoms with Crippen LogP contribution in [-0.2, 0) is 30.3 Å². The summed E-state index contributed by atoms with van der Waals surface area (Å²) in [7, 11) is 0. The zero-order valence-corrected chi connectivity index (χ0v) is 32.1. The van der Waals surface area contributed by atoms with Crippen molar-refractivity contribution in [3.8, 4) is 0 Å². The van der Waals surface area contributed by atoms with Crippen molar-refractivity contribution >= 4 is 34.9 Å². The Kier molecular flexibility index (Phi) is 24.0. The number of carboxylic acid groups (broad SMARTS) is 1. The van der Waals surface area contributed by atoms with Gasteiger partial charge in [0, 0.05) is 23.0 Å². The van der Waals surface area contributed by atoms with Crippen LogP contribution in [0.2, 0.25) is 0 Å². The molecule has 0 unspecified atom stereocenters. The molecule has 3 rings (SSSR count). The first-order chi connectivity index (χ1) is 23.2. The minimum Gasteiger partial charge on any atom is -0.450 e. The molecule has 1 aromatic carbocycles. The molecular formula is C39H61FN2O7. The first-order valence-electron chi connectivity index (χ1n) is 17.4. The fourth-order valence-corrected chi connectivity index (χ4v) is 5.22. The van der Waals surface area contributed by atoms with Gasteiger partial charge in [-0.05, 0) is 112 Å². The highest BCUT2D eigenvalue weighted by Crippen LogP contribution is 2.45. The number of ketones is 2. The van der Waals surface area contributed by atoms with E-state index in [1.54, 1.807) is 13.0 Å². The summed E-state index contributed by atoms with van der Waals surface area (Å²) in [6, 6.07) is 1.58. The number of carbonyl (C=O) groups excluding carboxylic acids is 3. The van der Waals surface area contributed by atoms with E-state index in [0.29, 0.717) is 11.1 Å². The summed E-state index contributed by atoms with van der Waals surface area (Å²) in [6.07, 6.45) is 5.75. The van der Waals surface area contributed by atoms with E-state index in [1.807, 2.05) is 81.5 Å². The molecule has 2 aliphatic rings. The first-order valence-corrected chi connectivity index (χ1v) is 17.4. The van der Waals surface area contributed by atoms with Gasteiger partial charge in [0.1, 0.15) is 19.0 Å². The van der Waals surface area contributed by atoms with Crippen molar-refractivity contribution < 1.29 is 38.1 Å². The summed E-state index contributed by atoms with van der Waals surface area (Å²) >= 11 is 0. The summed E-state index contributed by atoms with van der Waals surface area (Å²) in [5.41, 5.74) is 13.9. The second-order valence-corrected chi connectivity index (χ2v) is 10.9. The maximum Gasteiger partial charge on any atom is 0.506 e. The zero-order chi connectivity index (χ0) is 38.4. The monoisotopic (exact) mass is 688 g/mol. The Hall–Kier alpha value is -4.05. The van der Waals surface area contributed by atoms with Crippen molar-refractivity contribution in [2.75, 3.05) is 18.5 Å². The second-order valence-electron chi connectivity index (χ2n) is 10.9. The van der Waals surface area contributed by atoms with Crippen LogP contribution >= 0.6 is 0 Å². The van der Waals surface area contributed by atoms with E-state index in [1.165, 1.54) is 18.1 Å². The van der Waals surface area contributed by atoms with Crippen LogP contribution < -0.4 is 11.1 Å². The SMILES string of the molecule is CC.CC.CC.CC(C)OCC(=O)CC(N)=O.CCC1=C2CCCc3c(C)c(F)cc(c32)NC=C1/C(C)=C/C(C)=C(/COC(=O)O)C(C)=O. The van der Waals surface area contributed by atoms with Gasteiger partial charge in [0.05, 0.1) is 12.5 Å². The Bertz CT molecular complexity index is 1400. The van der Waals surface area contributed by atoms with Gasteiger partial charge in [0.15, 0.2) is 11.6 Å². The smallest absolute Gasteiger partial charge is 0.450 e. The fraction of sp³-hybridized carbons (Fsp3) is 0.538. The lowest BCUT2D eigenvalue weighted by molar-refractivity contribution is -0.130. The van der Waals surface area contributed by atoms with Gasteiger partial charge < -0.3 is 25.6 Å². The number of anilines is 1. The average Bonchev–Trinajstić information content (AvgIpc) is 3.22. The van der Waals surface area contributed by atoms with Gasteiger partial charge in [-0.2, -0.15) is 0 Å². The molecule has 10 heteroatoms. The number of hydrogen-bond donors (Lipinski definition) is 3. The normalized spacial score (nSPS) is 13.4. The highest BCUT2D eigenvalue weighted by Gasteiger charge is 2.27. The van der Waals surface area contributed by atoms with Crippen molar-refractivity contribution in [3.63, 3.8) is 0 Å². The average molecular weight is 689 g/mol. The number of primary amides is 1. The Morgan fingerprint density at radius 2 is 1.61 bits per heavy atom. The number of allylic oxidation sites excluding steroid dienone is 6. The van der Waals surface area contributed by atoms with Crippen molar-refractivity contribution in [1.82, 2.24) is 0 Å². The standard InChI is InChI=1S/C26H30FNO4.C7H13NO3.3C2H6/c1-6-18-20-9-7-8-19-16(4)23(27)11-24(25(19)20)28-12-21(18)14(2)10-15(3)22(17(5)29)13-32-26(30)31;1-5(2)11-4-6(9)3-7(8)10;3*1-2/h10-12,28H,6-9,13H2,1-5H3,(H,30,31);5H,3-4H2,1-2H3,(H2,8,10);3*1-2H3/b14-10+,22-15-;;;;. The number of hydrogen-bond acceptors (Lipinski definition) is 7. The molecule has 1 aromatic rings. The van der Waals surface area contributed by atoms with Crippen molar-refractivity contribution in [2.24, 2.45) is 5.73 Å². The van der Waals surface area contributed by atoms with E-state index in [4.69, 9.17) is 15.6 Å². The van der Waals surface area contributed by atoms with Gasteiger partial charge in [0.25, 0.3) is 0 Å². The van der Waals surface area contributed by atoms with Crippen LogP contribution in [0.5, 0.6) is 0 Å². The number of amides is 1. The fourth-order valence-electron chi connectivity index (χ4n) is 5.22. The van der Waals surface area contributed by atoms with E-state index in [2.05, 4.69) is 17.0 Å². The van der Waals surface area contributed by atoms with Gasteiger partial charge in [-0.15, -0.1) is 0 Å². The topological polar surface area (TPSA) is 145 Å². The lowest BCUT2D eigenvalue weighted by Crippen LogP contribution is -2.20. The molecule has 0 saturated carbocycles. The van der Waals surface area contributed by atoms with Crippen LogP contribution in [-0.4, -0.2) is 48.1 Å². The Morgan fingerprint density at radius 3 is 2.10 bits per heavy atom. The number of ether oxygens (including phenoxy) is 2. The third-order valence-corrected chi connectivity index (χ3v) is 7.27. The number of nitrogens with two attached hydrogens (primary N) is 1. The maximum atomic E-state index is 14.6. The minimum atomic E-state index is -1.42. The molecular weight excluding hydrogens is 627 g/mol. The molecule has 9 nitrogen and oxygen atoms in total. The third kappa shape index (κ3) is 15.4. The Balaban J connectivity index is 0. The summed E-state index contributed by atoms with van der Waals surface area (Å²) < 4.78 is 24.1.